The summed E-state index contributed by atoms with van der Waals surface area (Å²) in [5.41, 5.74) is 1.94. The number of methoxy groups -OCH3 is 1. The van der Waals surface area contributed by atoms with Crippen LogP contribution in [-0.2, 0) is 4.74 Å². The molecule has 2 aromatic rings. The Labute approximate surface area is 116 Å². The van der Waals surface area contributed by atoms with Gasteiger partial charge in [0.2, 0.25) is 0 Å². The number of carbonyl (C=O) groups is 1. The summed E-state index contributed by atoms with van der Waals surface area (Å²) in [6.07, 6.45) is 1.44. The van der Waals surface area contributed by atoms with Crippen molar-refractivity contribution in [1.82, 2.24) is 4.98 Å². The number of nitrogens with zero attached hydrogens (tertiary/aromatic N) is 1. The Kier molecular flexibility index (Phi) is 3.90. The first kappa shape index (κ1) is 13.6. The predicted octanol–water partition coefficient (Wildman–Crippen LogP) is 3.38. The fourth-order valence-corrected chi connectivity index (χ4v) is 2.21. The highest BCUT2D eigenvalue weighted by Gasteiger charge is 2.18. The van der Waals surface area contributed by atoms with E-state index in [1.165, 1.54) is 6.20 Å². The molecule has 0 aliphatic rings. The van der Waals surface area contributed by atoms with Crippen LogP contribution in [0.15, 0.2) is 18.3 Å². The van der Waals surface area contributed by atoms with Crippen molar-refractivity contribution in [2.24, 2.45) is 0 Å². The Balaban J connectivity index is 2.73. The van der Waals surface area contributed by atoms with Gasteiger partial charge in [-0.25, -0.2) is 4.79 Å². The van der Waals surface area contributed by atoms with Crippen molar-refractivity contribution in [1.29, 1.82) is 0 Å². The van der Waals surface area contributed by atoms with Crippen LogP contribution in [0, 0.1) is 6.92 Å². The number of halogens is 1. The zero-order valence-corrected chi connectivity index (χ0v) is 11.7. The van der Waals surface area contributed by atoms with Crippen molar-refractivity contribution < 1.29 is 14.3 Å². The smallest absolute Gasteiger partial charge is 0.341 e. The molecule has 0 atom stereocenters. The molecular formula is C14H14ClNO3. The van der Waals surface area contributed by atoms with Crippen LogP contribution in [0.25, 0.3) is 10.9 Å². The third-order valence-corrected chi connectivity index (χ3v) is 3.23. The van der Waals surface area contributed by atoms with Crippen molar-refractivity contribution in [2.45, 2.75) is 13.8 Å². The molecule has 1 aromatic heterocycles. The SMILES string of the molecule is CCOC(=O)c1cnc2c(C)ccc(OC)c2c1Cl. The lowest BCUT2D eigenvalue weighted by atomic mass is 10.1. The number of fused-ring (bicyclic) bond motifs is 1. The molecule has 0 saturated carbocycles. The van der Waals surface area contributed by atoms with Crippen LogP contribution in [0.2, 0.25) is 5.02 Å². The second-order valence-corrected chi connectivity index (χ2v) is 4.39. The summed E-state index contributed by atoms with van der Waals surface area (Å²) in [6, 6.07) is 3.70. The second kappa shape index (κ2) is 5.45. The van der Waals surface area contributed by atoms with Gasteiger partial charge in [-0.3, -0.25) is 4.98 Å². The molecule has 0 amide bonds. The molecule has 19 heavy (non-hydrogen) atoms. The van der Waals surface area contributed by atoms with Crippen LogP contribution in [0.1, 0.15) is 22.8 Å². The molecule has 2 rings (SSSR count). The lowest BCUT2D eigenvalue weighted by molar-refractivity contribution is 0.0526. The lowest BCUT2D eigenvalue weighted by Crippen LogP contribution is -2.06. The minimum atomic E-state index is -0.481. The summed E-state index contributed by atoms with van der Waals surface area (Å²) in [6.45, 7) is 3.96. The Morgan fingerprint density at radius 3 is 2.79 bits per heavy atom. The number of hydrogen-bond donors (Lipinski definition) is 0. The third-order valence-electron chi connectivity index (χ3n) is 2.84. The minimum absolute atomic E-state index is 0.250. The molecule has 0 bridgehead atoms. The molecule has 0 aliphatic carbocycles. The topological polar surface area (TPSA) is 48.4 Å². The third kappa shape index (κ3) is 2.36. The van der Waals surface area contributed by atoms with E-state index in [1.807, 2.05) is 13.0 Å². The maximum absolute atomic E-state index is 11.8. The van der Waals surface area contributed by atoms with Crippen molar-refractivity contribution in [3.05, 3.63) is 34.5 Å². The number of hydrogen-bond acceptors (Lipinski definition) is 4. The van der Waals surface area contributed by atoms with Crippen molar-refractivity contribution in [3.63, 3.8) is 0 Å². The standard InChI is InChI=1S/C14H14ClNO3/c1-4-19-14(17)9-7-16-13-8(2)5-6-10(18-3)11(13)12(9)15/h5-7H,4H2,1-3H3. The summed E-state index contributed by atoms with van der Waals surface area (Å²) in [5.74, 6) is 0.106. The molecule has 0 radical (unpaired) electrons. The number of esters is 1. The van der Waals surface area contributed by atoms with E-state index in [0.29, 0.717) is 16.2 Å². The molecular weight excluding hydrogens is 266 g/mol. The lowest BCUT2D eigenvalue weighted by Gasteiger charge is -2.11. The highest BCUT2D eigenvalue weighted by atomic mass is 35.5. The van der Waals surface area contributed by atoms with E-state index in [9.17, 15) is 4.79 Å². The van der Waals surface area contributed by atoms with E-state index < -0.39 is 5.97 Å². The largest absolute Gasteiger partial charge is 0.496 e. The molecule has 4 nitrogen and oxygen atoms in total. The van der Waals surface area contributed by atoms with Crippen LogP contribution in [-0.4, -0.2) is 24.7 Å². The Morgan fingerprint density at radius 2 is 2.16 bits per heavy atom. The molecule has 0 unspecified atom stereocenters. The van der Waals surface area contributed by atoms with E-state index in [2.05, 4.69) is 4.98 Å². The number of pyridine rings is 1. The molecule has 0 N–H and O–H groups in total. The molecule has 1 heterocycles. The van der Waals surface area contributed by atoms with Gasteiger partial charge in [-0.2, -0.15) is 0 Å². The molecule has 5 heteroatoms. The number of ether oxygens (including phenoxy) is 2. The summed E-state index contributed by atoms with van der Waals surface area (Å²) in [5, 5.41) is 0.943. The second-order valence-electron chi connectivity index (χ2n) is 4.01. The first-order valence-electron chi connectivity index (χ1n) is 5.89. The zero-order chi connectivity index (χ0) is 14.0. The van der Waals surface area contributed by atoms with Crippen molar-refractivity contribution in [3.8, 4) is 5.75 Å². The van der Waals surface area contributed by atoms with Gasteiger partial charge in [0.1, 0.15) is 5.75 Å². The van der Waals surface area contributed by atoms with Gasteiger partial charge in [-0.05, 0) is 25.5 Å². The van der Waals surface area contributed by atoms with Gasteiger partial charge in [0, 0.05) is 6.20 Å². The average Bonchev–Trinajstić information content (AvgIpc) is 2.40. The minimum Gasteiger partial charge on any atom is -0.496 e. The number of carbonyl (C=O) groups excluding carboxylic acids is 1. The summed E-state index contributed by atoms with van der Waals surface area (Å²) in [7, 11) is 1.55. The quantitative estimate of drug-likeness (QED) is 0.808. The van der Waals surface area contributed by atoms with Crippen molar-refractivity contribution in [2.75, 3.05) is 13.7 Å². The Bertz CT molecular complexity index is 640. The first-order chi connectivity index (χ1) is 9.10. The monoisotopic (exact) mass is 279 g/mol. The Hall–Kier alpha value is -1.81. The van der Waals surface area contributed by atoms with E-state index in [-0.39, 0.29) is 12.2 Å². The van der Waals surface area contributed by atoms with E-state index in [0.717, 1.165) is 11.1 Å². The highest BCUT2D eigenvalue weighted by molar-refractivity contribution is 6.38. The number of benzene rings is 1. The fraction of sp³-hybridized carbons (Fsp3) is 0.286. The zero-order valence-electron chi connectivity index (χ0n) is 11.0. The number of aryl methyl sites for hydroxylation is 1. The summed E-state index contributed by atoms with van der Waals surface area (Å²) >= 11 is 6.31. The van der Waals surface area contributed by atoms with Crippen LogP contribution in [0.4, 0.5) is 0 Å². The molecule has 0 spiro atoms. The molecule has 100 valence electrons. The van der Waals surface area contributed by atoms with Crippen LogP contribution in [0.5, 0.6) is 5.75 Å². The number of aromatic nitrogens is 1. The molecule has 0 fully saturated rings. The maximum Gasteiger partial charge on any atom is 0.341 e. The van der Waals surface area contributed by atoms with Crippen molar-refractivity contribution >= 4 is 28.5 Å². The van der Waals surface area contributed by atoms with Gasteiger partial charge < -0.3 is 9.47 Å². The average molecular weight is 280 g/mol. The highest BCUT2D eigenvalue weighted by Crippen LogP contribution is 2.35. The Morgan fingerprint density at radius 1 is 1.42 bits per heavy atom. The van der Waals surface area contributed by atoms with Gasteiger partial charge in [0.05, 0.1) is 35.2 Å². The van der Waals surface area contributed by atoms with Gasteiger partial charge in [0.15, 0.2) is 0 Å². The van der Waals surface area contributed by atoms with Gasteiger partial charge in [0.25, 0.3) is 0 Å². The van der Waals surface area contributed by atoms with Gasteiger partial charge in [-0.1, -0.05) is 17.7 Å². The van der Waals surface area contributed by atoms with E-state index in [1.54, 1.807) is 20.1 Å². The van der Waals surface area contributed by atoms with Gasteiger partial charge >= 0.3 is 5.97 Å². The summed E-state index contributed by atoms with van der Waals surface area (Å²) < 4.78 is 10.2. The van der Waals surface area contributed by atoms with Crippen LogP contribution >= 0.6 is 11.6 Å². The predicted molar refractivity (Wildman–Crippen MR) is 74.0 cm³/mol. The van der Waals surface area contributed by atoms with E-state index >= 15 is 0 Å². The normalized spacial score (nSPS) is 10.5. The number of rotatable bonds is 3. The first-order valence-corrected chi connectivity index (χ1v) is 6.26. The van der Waals surface area contributed by atoms with Crippen LogP contribution < -0.4 is 4.74 Å². The van der Waals surface area contributed by atoms with Crippen LogP contribution in [0.3, 0.4) is 0 Å². The van der Waals surface area contributed by atoms with E-state index in [4.69, 9.17) is 21.1 Å². The summed E-state index contributed by atoms with van der Waals surface area (Å²) in [4.78, 5) is 16.1. The fourth-order valence-electron chi connectivity index (χ4n) is 1.90. The molecule has 1 aromatic carbocycles. The molecule has 0 saturated heterocycles. The maximum atomic E-state index is 11.8. The molecule has 0 aliphatic heterocycles. The van der Waals surface area contributed by atoms with Gasteiger partial charge in [-0.15, -0.1) is 0 Å².